The molecule has 57 heavy (non-hydrogen) atoms. The van der Waals surface area contributed by atoms with E-state index in [9.17, 15) is 9.90 Å². The Hall–Kier alpha value is -4.47. The number of nitrogens with zero attached hydrogens (tertiary/aromatic N) is 2. The summed E-state index contributed by atoms with van der Waals surface area (Å²) in [6, 6.07) is 22.0. The van der Waals surface area contributed by atoms with Gasteiger partial charge in [0.05, 0.1) is 13.7 Å². The van der Waals surface area contributed by atoms with Gasteiger partial charge in [-0.25, -0.2) is 4.79 Å². The van der Waals surface area contributed by atoms with Crippen LogP contribution in [0.5, 0.6) is 23.0 Å². The van der Waals surface area contributed by atoms with Crippen molar-refractivity contribution in [2.45, 2.75) is 101 Å². The molecule has 1 aliphatic heterocycles. The van der Waals surface area contributed by atoms with Gasteiger partial charge in [-0.2, -0.15) is 0 Å². The molecule has 8 rings (SSSR count). The van der Waals surface area contributed by atoms with Crippen molar-refractivity contribution in [3.63, 3.8) is 0 Å². The van der Waals surface area contributed by atoms with Crippen molar-refractivity contribution in [3.05, 3.63) is 106 Å². The van der Waals surface area contributed by atoms with E-state index < -0.39 is 11.5 Å². The number of likely N-dealkylation sites (N-methyl/N-ethyl adjacent to an activating group) is 1. The van der Waals surface area contributed by atoms with Crippen LogP contribution in [-0.2, 0) is 29.6 Å². The highest BCUT2D eigenvalue weighted by Gasteiger charge is 2.54. The van der Waals surface area contributed by atoms with Crippen LogP contribution >= 0.6 is 11.6 Å². The van der Waals surface area contributed by atoms with Crippen molar-refractivity contribution >= 4 is 23.3 Å². The number of halogens is 1. The molecular weight excluding hydrogens is 738 g/mol. The monoisotopic (exact) mass is 793 g/mol. The first-order chi connectivity index (χ1) is 27.5. The maximum Gasteiger partial charge on any atom is 0.329 e. The molecular formula is C47H56ClN3O6. The number of aromatic nitrogens is 1. The van der Waals surface area contributed by atoms with E-state index in [4.69, 9.17) is 30.5 Å². The zero-order valence-electron chi connectivity index (χ0n) is 33.7. The number of carbonyl (C=O) groups is 1. The van der Waals surface area contributed by atoms with Crippen molar-refractivity contribution in [1.29, 1.82) is 0 Å². The molecule has 1 spiro atoms. The van der Waals surface area contributed by atoms with Gasteiger partial charge in [0.15, 0.2) is 11.5 Å². The number of anilines is 1. The number of aryl methyl sites for hydroxylation is 1. The van der Waals surface area contributed by atoms with E-state index in [-0.39, 0.29) is 17.4 Å². The van der Waals surface area contributed by atoms with Crippen LogP contribution in [0.2, 0.25) is 5.02 Å². The highest BCUT2D eigenvalue weighted by atomic mass is 35.5. The van der Waals surface area contributed by atoms with E-state index in [0.717, 1.165) is 73.8 Å². The van der Waals surface area contributed by atoms with Gasteiger partial charge in [-0.15, -0.1) is 0 Å². The number of hydrogen-bond acceptors (Lipinski definition) is 8. The highest BCUT2D eigenvalue weighted by molar-refractivity contribution is 6.30. The van der Waals surface area contributed by atoms with Crippen molar-refractivity contribution < 1.29 is 28.8 Å². The van der Waals surface area contributed by atoms with E-state index in [1.807, 2.05) is 36.5 Å². The predicted molar refractivity (Wildman–Crippen MR) is 223 cm³/mol. The minimum atomic E-state index is -1.10. The molecule has 4 atom stereocenters. The molecule has 0 unspecified atom stereocenters. The van der Waals surface area contributed by atoms with Crippen molar-refractivity contribution in [2.24, 2.45) is 11.8 Å². The molecule has 4 aliphatic rings. The number of rotatable bonds is 13. The lowest BCUT2D eigenvalue weighted by Gasteiger charge is -2.47. The largest absolute Gasteiger partial charge is 0.497 e. The number of hydrogen-bond donors (Lipinski definition) is 2. The summed E-state index contributed by atoms with van der Waals surface area (Å²) in [7, 11) is 3.79. The van der Waals surface area contributed by atoms with Gasteiger partial charge in [-0.1, -0.05) is 43.6 Å². The minimum absolute atomic E-state index is 0.133. The van der Waals surface area contributed by atoms with Gasteiger partial charge in [0.2, 0.25) is 0 Å². The third-order valence-electron chi connectivity index (χ3n) is 13.2. The molecule has 10 heteroatoms. The number of aliphatic carboxylic acids is 1. The van der Waals surface area contributed by atoms with Gasteiger partial charge in [0.1, 0.15) is 29.7 Å². The number of methoxy groups -OCH3 is 1. The van der Waals surface area contributed by atoms with Crippen molar-refractivity contribution in [2.75, 3.05) is 39.2 Å². The topological polar surface area (TPSA) is 102 Å². The van der Waals surface area contributed by atoms with Crippen LogP contribution in [0.4, 0.5) is 5.69 Å². The molecule has 0 bridgehead atoms. The first-order valence-corrected chi connectivity index (χ1v) is 21.1. The van der Waals surface area contributed by atoms with Gasteiger partial charge >= 0.3 is 5.97 Å². The molecule has 2 heterocycles. The molecule has 1 saturated carbocycles. The van der Waals surface area contributed by atoms with E-state index in [0.29, 0.717) is 49.5 Å². The first-order valence-electron chi connectivity index (χ1n) is 20.7. The van der Waals surface area contributed by atoms with Crippen LogP contribution in [0.3, 0.4) is 0 Å². The van der Waals surface area contributed by atoms with Crippen LogP contribution in [0.15, 0.2) is 72.9 Å². The minimum Gasteiger partial charge on any atom is -0.497 e. The molecule has 0 radical (unpaired) electrons. The summed E-state index contributed by atoms with van der Waals surface area (Å²) >= 11 is 6.33. The average molecular weight is 794 g/mol. The lowest BCUT2D eigenvalue weighted by Crippen LogP contribution is -2.53. The Labute approximate surface area is 342 Å². The predicted octanol–water partition coefficient (Wildman–Crippen LogP) is 9.48. The SMILES string of the molecule is COc1cccc(CN(C)C[C@@H]2COc3cc4c(cc3O2)C2(CCC(Nc3cccc(Cl)c3)(C(=O)O)CC2)[C@@H](C[C@@H](C)COc2ccnc3c2[C@H](C)CCC3)C4)c1. The summed E-state index contributed by atoms with van der Waals surface area (Å²) in [5.41, 5.74) is 5.62. The average Bonchev–Trinajstić information content (AvgIpc) is 3.47. The second-order valence-corrected chi connectivity index (χ2v) is 17.7. The third kappa shape index (κ3) is 8.15. The van der Waals surface area contributed by atoms with Gasteiger partial charge in [-0.3, -0.25) is 9.88 Å². The Morgan fingerprint density at radius 1 is 1.09 bits per heavy atom. The summed E-state index contributed by atoms with van der Waals surface area (Å²) in [6.07, 6.45) is 9.42. The van der Waals surface area contributed by atoms with Gasteiger partial charge < -0.3 is 29.4 Å². The summed E-state index contributed by atoms with van der Waals surface area (Å²) in [5.74, 6) is 3.61. The molecule has 2 N–H and O–H groups in total. The lowest BCUT2D eigenvalue weighted by atomic mass is 9.59. The Kier molecular flexibility index (Phi) is 11.3. The molecule has 0 saturated heterocycles. The zero-order chi connectivity index (χ0) is 39.7. The standard InChI is InChI=1S/C47H56ClN3O6/c1-30(28-55-41-14-19-49-40-13-5-8-31(2)44(40)41)20-34-22-33-23-42-43(57-38(29-56-42)27-51(3)26-32-9-6-12-37(21-32)54-4)25-39(33)46(34)15-17-47(18-16-46,45(52)53)50-36-11-7-10-35(48)24-36/h6-7,9-12,14,19,21,23-25,30-31,34,38,50H,5,8,13,15-18,20,22,26-29H2,1-4H3,(H,52,53)/t30-,31-,34+,38-,46?,47?/m1/s1. The first kappa shape index (κ1) is 39.4. The molecule has 9 nitrogen and oxygen atoms in total. The second-order valence-electron chi connectivity index (χ2n) is 17.2. The highest BCUT2D eigenvalue weighted by Crippen LogP contribution is 2.58. The lowest BCUT2D eigenvalue weighted by molar-refractivity contribution is -0.144. The fraction of sp³-hybridized carbons (Fsp3) is 0.489. The van der Waals surface area contributed by atoms with Gasteiger partial charge in [0, 0.05) is 41.3 Å². The molecule has 3 aromatic carbocycles. The normalized spacial score (nSPS) is 25.4. The Morgan fingerprint density at radius 2 is 1.91 bits per heavy atom. The van der Waals surface area contributed by atoms with E-state index >= 15 is 0 Å². The smallest absolute Gasteiger partial charge is 0.329 e. The van der Waals surface area contributed by atoms with Gasteiger partial charge in [0.25, 0.3) is 0 Å². The maximum atomic E-state index is 13.1. The van der Waals surface area contributed by atoms with Crippen molar-refractivity contribution in [3.8, 4) is 23.0 Å². The van der Waals surface area contributed by atoms with Crippen LogP contribution in [0.25, 0.3) is 0 Å². The van der Waals surface area contributed by atoms with Gasteiger partial charge in [-0.05, 0) is 153 Å². The van der Waals surface area contributed by atoms with Crippen LogP contribution in [0.1, 0.15) is 92.7 Å². The number of pyridine rings is 1. The fourth-order valence-electron chi connectivity index (χ4n) is 10.3. The third-order valence-corrected chi connectivity index (χ3v) is 13.4. The number of benzene rings is 3. The zero-order valence-corrected chi connectivity index (χ0v) is 34.4. The van der Waals surface area contributed by atoms with E-state index in [1.165, 1.54) is 34.4 Å². The quantitative estimate of drug-likeness (QED) is 0.137. The Balaban J connectivity index is 1.03. The molecule has 0 amide bonds. The Morgan fingerprint density at radius 3 is 2.70 bits per heavy atom. The van der Waals surface area contributed by atoms with Crippen molar-refractivity contribution in [1.82, 2.24) is 9.88 Å². The molecule has 4 aromatic rings. The number of fused-ring (bicyclic) bond motifs is 4. The van der Waals surface area contributed by atoms with Crippen LogP contribution in [0, 0.1) is 11.8 Å². The van der Waals surface area contributed by atoms with Crippen LogP contribution < -0.4 is 24.3 Å². The molecule has 302 valence electrons. The second kappa shape index (κ2) is 16.4. The number of ether oxygens (including phenoxy) is 4. The number of carboxylic acid groups (broad SMARTS) is 1. The number of nitrogens with one attached hydrogen (secondary N) is 1. The molecule has 1 aromatic heterocycles. The molecule has 1 fully saturated rings. The molecule has 3 aliphatic carbocycles. The van der Waals surface area contributed by atoms with E-state index in [2.05, 4.69) is 60.4 Å². The maximum absolute atomic E-state index is 13.1. The summed E-state index contributed by atoms with van der Waals surface area (Å²) < 4.78 is 25.2. The van der Waals surface area contributed by atoms with E-state index in [1.54, 1.807) is 19.2 Å². The number of carboxylic acids is 1. The fourth-order valence-corrected chi connectivity index (χ4v) is 10.5. The summed E-state index contributed by atoms with van der Waals surface area (Å²) in [4.78, 5) is 20.1. The van der Waals surface area contributed by atoms with Crippen LogP contribution in [-0.4, -0.2) is 66.5 Å². The summed E-state index contributed by atoms with van der Waals surface area (Å²) in [6.45, 7) is 7.14. The Bertz CT molecular complexity index is 2080. The summed E-state index contributed by atoms with van der Waals surface area (Å²) in [5, 5.41) is 14.7.